The first-order valence-corrected chi connectivity index (χ1v) is 9.09. The summed E-state index contributed by atoms with van der Waals surface area (Å²) in [4.78, 5) is 0.430. The molecule has 1 aromatic rings. The van der Waals surface area contributed by atoms with E-state index in [4.69, 9.17) is 0 Å². The van der Waals surface area contributed by atoms with E-state index in [1.807, 2.05) is 39.8 Å². The van der Waals surface area contributed by atoms with Crippen LogP contribution < -0.4 is 5.32 Å². The van der Waals surface area contributed by atoms with Gasteiger partial charge in [0.1, 0.15) is 0 Å². The van der Waals surface area contributed by atoms with Crippen LogP contribution in [-0.2, 0) is 10.0 Å². The summed E-state index contributed by atoms with van der Waals surface area (Å²) >= 11 is 0. The second kappa shape index (κ2) is 6.46. The second-order valence-corrected chi connectivity index (χ2v) is 8.09. The SMILES string of the molecule is Cc1ccc(S(=O)(=O)N(CC2CCCN2)C(C)C)c(C)c1. The summed E-state index contributed by atoms with van der Waals surface area (Å²) in [5.41, 5.74) is 1.90. The van der Waals surface area contributed by atoms with Crippen molar-refractivity contribution in [1.29, 1.82) is 0 Å². The molecule has 1 N–H and O–H groups in total. The van der Waals surface area contributed by atoms with E-state index in [0.29, 0.717) is 11.4 Å². The smallest absolute Gasteiger partial charge is 0.243 e. The van der Waals surface area contributed by atoms with Crippen LogP contribution in [0.3, 0.4) is 0 Å². The van der Waals surface area contributed by atoms with Crippen LogP contribution in [0.25, 0.3) is 0 Å². The molecule has 1 unspecified atom stereocenters. The molecule has 1 aromatic carbocycles. The number of hydrogen-bond donors (Lipinski definition) is 1. The van der Waals surface area contributed by atoms with E-state index in [9.17, 15) is 8.42 Å². The van der Waals surface area contributed by atoms with Crippen molar-refractivity contribution < 1.29 is 8.42 Å². The first-order valence-electron chi connectivity index (χ1n) is 7.65. The minimum Gasteiger partial charge on any atom is -0.313 e. The van der Waals surface area contributed by atoms with E-state index in [-0.39, 0.29) is 12.1 Å². The van der Waals surface area contributed by atoms with Gasteiger partial charge in [0.25, 0.3) is 0 Å². The zero-order valence-corrected chi connectivity index (χ0v) is 14.2. The van der Waals surface area contributed by atoms with Gasteiger partial charge in [-0.2, -0.15) is 4.31 Å². The molecule has 0 aliphatic carbocycles. The minimum atomic E-state index is -3.44. The van der Waals surface area contributed by atoms with Crippen molar-refractivity contribution in [1.82, 2.24) is 9.62 Å². The van der Waals surface area contributed by atoms with Crippen LogP contribution in [-0.4, -0.2) is 37.9 Å². The van der Waals surface area contributed by atoms with Gasteiger partial charge < -0.3 is 5.32 Å². The Bertz CT molecular complexity index is 590. The molecule has 0 saturated carbocycles. The fourth-order valence-corrected chi connectivity index (χ4v) is 4.82. The van der Waals surface area contributed by atoms with E-state index >= 15 is 0 Å². The Morgan fingerprint density at radius 3 is 2.57 bits per heavy atom. The Balaban J connectivity index is 2.32. The third kappa shape index (κ3) is 3.65. The second-order valence-electron chi connectivity index (χ2n) is 6.23. The number of benzene rings is 1. The first-order chi connectivity index (χ1) is 9.82. The summed E-state index contributed by atoms with van der Waals surface area (Å²) in [5, 5.41) is 3.38. The maximum atomic E-state index is 13.0. The molecule has 0 amide bonds. The summed E-state index contributed by atoms with van der Waals surface area (Å²) in [6, 6.07) is 5.76. The molecule has 1 saturated heterocycles. The highest BCUT2D eigenvalue weighted by Gasteiger charge is 2.31. The topological polar surface area (TPSA) is 49.4 Å². The van der Waals surface area contributed by atoms with Crippen molar-refractivity contribution in [2.75, 3.05) is 13.1 Å². The molecule has 0 radical (unpaired) electrons. The third-order valence-electron chi connectivity index (χ3n) is 4.06. The van der Waals surface area contributed by atoms with Gasteiger partial charge in [-0.05, 0) is 58.7 Å². The summed E-state index contributed by atoms with van der Waals surface area (Å²) in [7, 11) is -3.44. The highest BCUT2D eigenvalue weighted by molar-refractivity contribution is 7.89. The van der Waals surface area contributed by atoms with Gasteiger partial charge in [0.2, 0.25) is 10.0 Å². The van der Waals surface area contributed by atoms with Crippen molar-refractivity contribution in [2.24, 2.45) is 0 Å². The highest BCUT2D eigenvalue weighted by Crippen LogP contribution is 2.24. The maximum absolute atomic E-state index is 13.0. The van der Waals surface area contributed by atoms with Crippen molar-refractivity contribution in [3.8, 4) is 0 Å². The van der Waals surface area contributed by atoms with E-state index in [1.54, 1.807) is 10.4 Å². The Labute approximate surface area is 128 Å². The van der Waals surface area contributed by atoms with E-state index in [1.165, 1.54) is 0 Å². The number of aryl methyl sites for hydroxylation is 2. The highest BCUT2D eigenvalue weighted by atomic mass is 32.2. The average Bonchev–Trinajstić information content (AvgIpc) is 2.87. The lowest BCUT2D eigenvalue weighted by molar-refractivity contribution is 0.322. The van der Waals surface area contributed by atoms with Crippen LogP contribution in [0.2, 0.25) is 0 Å². The van der Waals surface area contributed by atoms with Crippen LogP contribution in [0.4, 0.5) is 0 Å². The van der Waals surface area contributed by atoms with Crippen LogP contribution in [0, 0.1) is 13.8 Å². The van der Waals surface area contributed by atoms with Crippen LogP contribution in [0.15, 0.2) is 23.1 Å². The van der Waals surface area contributed by atoms with Gasteiger partial charge in [-0.3, -0.25) is 0 Å². The number of sulfonamides is 1. The van der Waals surface area contributed by atoms with Crippen LogP contribution in [0.1, 0.15) is 37.8 Å². The number of nitrogens with one attached hydrogen (secondary N) is 1. The molecule has 1 heterocycles. The van der Waals surface area contributed by atoms with Crippen molar-refractivity contribution >= 4 is 10.0 Å². The molecular weight excluding hydrogens is 284 g/mol. The summed E-state index contributed by atoms with van der Waals surface area (Å²) in [5.74, 6) is 0. The van der Waals surface area contributed by atoms with Gasteiger partial charge in [-0.25, -0.2) is 8.42 Å². The average molecular weight is 310 g/mol. The largest absolute Gasteiger partial charge is 0.313 e. The molecule has 0 bridgehead atoms. The van der Waals surface area contributed by atoms with Gasteiger partial charge in [-0.1, -0.05) is 17.7 Å². The zero-order chi connectivity index (χ0) is 15.6. The zero-order valence-electron chi connectivity index (χ0n) is 13.4. The summed E-state index contributed by atoms with van der Waals surface area (Å²) in [6.07, 6.45) is 2.17. The third-order valence-corrected chi connectivity index (χ3v) is 6.26. The van der Waals surface area contributed by atoms with Crippen molar-refractivity contribution in [2.45, 2.75) is 57.5 Å². The van der Waals surface area contributed by atoms with E-state index in [2.05, 4.69) is 5.32 Å². The van der Waals surface area contributed by atoms with E-state index in [0.717, 1.165) is 30.5 Å². The van der Waals surface area contributed by atoms with Crippen LogP contribution in [0.5, 0.6) is 0 Å². The number of hydrogen-bond acceptors (Lipinski definition) is 3. The fraction of sp³-hybridized carbons (Fsp3) is 0.625. The molecular formula is C16H26N2O2S. The van der Waals surface area contributed by atoms with Gasteiger partial charge in [0.15, 0.2) is 0 Å². The Morgan fingerprint density at radius 2 is 2.05 bits per heavy atom. The predicted octanol–water partition coefficient (Wildman–Crippen LogP) is 2.45. The molecule has 0 spiro atoms. The monoisotopic (exact) mass is 310 g/mol. The van der Waals surface area contributed by atoms with Crippen LogP contribution >= 0.6 is 0 Å². The molecule has 118 valence electrons. The lowest BCUT2D eigenvalue weighted by Gasteiger charge is -2.29. The van der Waals surface area contributed by atoms with E-state index < -0.39 is 10.0 Å². The molecule has 1 aliphatic rings. The Morgan fingerprint density at radius 1 is 1.33 bits per heavy atom. The number of rotatable bonds is 5. The maximum Gasteiger partial charge on any atom is 0.243 e. The van der Waals surface area contributed by atoms with Gasteiger partial charge in [0.05, 0.1) is 4.90 Å². The summed E-state index contributed by atoms with van der Waals surface area (Å²) < 4.78 is 27.6. The normalized spacial score (nSPS) is 19.6. The molecule has 21 heavy (non-hydrogen) atoms. The molecule has 2 rings (SSSR count). The molecule has 1 atom stereocenters. The molecule has 0 aromatic heterocycles. The standard InChI is InChI=1S/C16H26N2O2S/c1-12(2)18(11-15-6-5-9-17-15)21(19,20)16-8-7-13(3)10-14(16)4/h7-8,10,12,15,17H,5-6,9,11H2,1-4H3. The lowest BCUT2D eigenvalue weighted by atomic mass is 10.2. The van der Waals surface area contributed by atoms with Gasteiger partial charge >= 0.3 is 0 Å². The lowest BCUT2D eigenvalue weighted by Crippen LogP contribution is -2.44. The molecule has 4 nitrogen and oxygen atoms in total. The van der Waals surface area contributed by atoms with Gasteiger partial charge in [0, 0.05) is 18.6 Å². The minimum absolute atomic E-state index is 0.0434. The number of nitrogens with zero attached hydrogens (tertiary/aromatic N) is 1. The quantitative estimate of drug-likeness (QED) is 0.909. The fourth-order valence-electron chi connectivity index (χ4n) is 2.93. The Hall–Kier alpha value is -0.910. The molecule has 1 fully saturated rings. The van der Waals surface area contributed by atoms with Crippen molar-refractivity contribution in [3.63, 3.8) is 0 Å². The predicted molar refractivity (Wildman–Crippen MR) is 86.0 cm³/mol. The molecule has 1 aliphatic heterocycles. The molecule has 5 heteroatoms. The first kappa shape index (κ1) is 16.5. The summed E-state index contributed by atoms with van der Waals surface area (Å²) in [6.45, 7) is 9.26. The van der Waals surface area contributed by atoms with Crippen molar-refractivity contribution in [3.05, 3.63) is 29.3 Å². The van der Waals surface area contributed by atoms with Gasteiger partial charge in [-0.15, -0.1) is 0 Å². The Kier molecular flexibility index (Phi) is 5.07.